The van der Waals surface area contributed by atoms with E-state index in [1.165, 1.54) is 11.0 Å². The molecule has 1 saturated heterocycles. The Bertz CT molecular complexity index is 829. The van der Waals surface area contributed by atoms with Crippen molar-refractivity contribution in [2.45, 2.75) is 70.6 Å². The third kappa shape index (κ3) is 5.17. The fourth-order valence-corrected chi connectivity index (χ4v) is 4.10. The van der Waals surface area contributed by atoms with E-state index >= 15 is 4.39 Å². The molecule has 30 heavy (non-hydrogen) atoms. The summed E-state index contributed by atoms with van der Waals surface area (Å²) in [5.41, 5.74) is 5.53. The van der Waals surface area contributed by atoms with Crippen molar-refractivity contribution in [2.24, 2.45) is 0 Å². The smallest absolute Gasteiger partial charge is 0.410 e. The van der Waals surface area contributed by atoms with Crippen molar-refractivity contribution < 1.29 is 23.5 Å². The lowest BCUT2D eigenvalue weighted by Crippen LogP contribution is -2.46. The lowest BCUT2D eigenvalue weighted by molar-refractivity contribution is 0.00109. The molecule has 0 unspecified atom stereocenters. The Morgan fingerprint density at radius 2 is 2.00 bits per heavy atom. The number of halogens is 2. The molecule has 1 aromatic carbocycles. The van der Waals surface area contributed by atoms with Crippen molar-refractivity contribution in [2.75, 3.05) is 25.4 Å². The van der Waals surface area contributed by atoms with Crippen LogP contribution in [0.15, 0.2) is 6.07 Å². The van der Waals surface area contributed by atoms with Gasteiger partial charge >= 0.3 is 6.09 Å². The van der Waals surface area contributed by atoms with Gasteiger partial charge in [0.1, 0.15) is 17.0 Å². The number of hydrogen-bond acceptors (Lipinski definition) is 5. The van der Waals surface area contributed by atoms with Crippen LogP contribution in [-0.4, -0.2) is 47.7 Å². The molecule has 1 fully saturated rings. The van der Waals surface area contributed by atoms with E-state index in [2.05, 4.69) is 0 Å². The molecule has 2 heterocycles. The Balaban J connectivity index is 1.61. The number of hydrogen-bond donors (Lipinski definition) is 1. The van der Waals surface area contributed by atoms with Gasteiger partial charge < -0.3 is 20.1 Å². The van der Waals surface area contributed by atoms with Crippen molar-refractivity contribution in [1.82, 2.24) is 4.90 Å². The maximum atomic E-state index is 15.3. The minimum absolute atomic E-state index is 0.0407. The first-order chi connectivity index (χ1) is 14.0. The summed E-state index contributed by atoms with van der Waals surface area (Å²) in [5.74, 6) is 0.280. The molecule has 166 valence electrons. The highest BCUT2D eigenvalue weighted by Crippen LogP contribution is 2.39. The maximum absolute atomic E-state index is 15.3. The highest BCUT2D eigenvalue weighted by molar-refractivity contribution is 6.33. The number of amides is 1. The predicted octanol–water partition coefficient (Wildman–Crippen LogP) is 4.95. The molecule has 8 heteroatoms. The number of alkyl halides is 1. The number of nitrogen functional groups attached to an aromatic ring is 1. The molecular formula is C22H30ClFN2O4. The van der Waals surface area contributed by atoms with Crippen LogP contribution in [0.5, 0.6) is 5.75 Å². The Labute approximate surface area is 181 Å². The van der Waals surface area contributed by atoms with E-state index < -0.39 is 17.4 Å². The van der Waals surface area contributed by atoms with Crippen molar-refractivity contribution in [3.63, 3.8) is 0 Å². The number of benzene rings is 1. The van der Waals surface area contributed by atoms with E-state index in [9.17, 15) is 9.59 Å². The van der Waals surface area contributed by atoms with Crippen LogP contribution in [0.1, 0.15) is 68.8 Å². The van der Waals surface area contributed by atoms with Gasteiger partial charge in [-0.05, 0) is 58.9 Å². The summed E-state index contributed by atoms with van der Waals surface area (Å²) < 4.78 is 26.3. The van der Waals surface area contributed by atoms with Crippen LogP contribution >= 0.6 is 11.6 Å². The third-order valence-electron chi connectivity index (χ3n) is 5.60. The van der Waals surface area contributed by atoms with Crippen molar-refractivity contribution in [3.8, 4) is 5.75 Å². The number of piperidine rings is 1. The van der Waals surface area contributed by atoms with Gasteiger partial charge in [-0.25, -0.2) is 9.18 Å². The zero-order chi connectivity index (χ0) is 22.1. The van der Waals surface area contributed by atoms with Crippen molar-refractivity contribution in [3.05, 3.63) is 22.2 Å². The molecule has 0 spiro atoms. The predicted molar refractivity (Wildman–Crippen MR) is 114 cm³/mol. The number of rotatable bonds is 4. The van der Waals surface area contributed by atoms with E-state index in [1.807, 2.05) is 0 Å². The number of nitrogens with two attached hydrogens (primary N) is 1. The van der Waals surface area contributed by atoms with Gasteiger partial charge in [-0.1, -0.05) is 11.6 Å². The highest BCUT2D eigenvalue weighted by atomic mass is 35.5. The molecule has 2 aliphatic rings. The lowest BCUT2D eigenvalue weighted by Gasteiger charge is -2.37. The molecule has 0 saturated carbocycles. The van der Waals surface area contributed by atoms with Crippen LogP contribution in [-0.2, 0) is 11.2 Å². The molecule has 1 amide bonds. The Morgan fingerprint density at radius 1 is 1.33 bits per heavy atom. The number of nitrogens with zero attached hydrogens (tertiary/aromatic N) is 1. The lowest BCUT2D eigenvalue weighted by atomic mass is 9.87. The number of likely N-dealkylation sites (tertiary alicyclic amines) is 1. The van der Waals surface area contributed by atoms with Crippen LogP contribution in [0.3, 0.4) is 0 Å². The molecule has 0 radical (unpaired) electrons. The fourth-order valence-electron chi connectivity index (χ4n) is 3.88. The maximum Gasteiger partial charge on any atom is 0.410 e. The molecule has 0 aromatic heterocycles. The van der Waals surface area contributed by atoms with E-state index in [4.69, 9.17) is 26.8 Å². The first-order valence-corrected chi connectivity index (χ1v) is 10.8. The third-order valence-corrected chi connectivity index (χ3v) is 5.91. The quantitative estimate of drug-likeness (QED) is 0.529. The summed E-state index contributed by atoms with van der Waals surface area (Å²) in [6.07, 6.45) is 1.57. The molecule has 2 aliphatic heterocycles. The Kier molecular flexibility index (Phi) is 6.51. The summed E-state index contributed by atoms with van der Waals surface area (Å²) >= 11 is 6.21. The summed E-state index contributed by atoms with van der Waals surface area (Å²) in [6, 6.07) is 1.53. The van der Waals surface area contributed by atoms with E-state index in [0.717, 1.165) is 12.0 Å². The van der Waals surface area contributed by atoms with Crippen LogP contribution in [0, 0.1) is 0 Å². The fraction of sp³-hybridized carbons (Fsp3) is 0.636. The zero-order valence-corrected chi connectivity index (χ0v) is 18.6. The standard InChI is InChI=1S/C22H30ClFN2O4/c1-21(2,3)30-20(28)26-10-8-22(24,9-11-26)7-6-17(27)15-13-16(23)18(25)14-5-4-12-29-19(14)15/h13H,4-12,25H2,1-3H3. The molecule has 6 nitrogen and oxygen atoms in total. The minimum atomic E-state index is -1.49. The second-order valence-corrected chi connectivity index (χ2v) is 9.53. The van der Waals surface area contributed by atoms with Gasteiger partial charge in [0.2, 0.25) is 0 Å². The normalized spacial score (nSPS) is 18.4. The second kappa shape index (κ2) is 8.61. The van der Waals surface area contributed by atoms with Gasteiger partial charge in [-0.2, -0.15) is 0 Å². The van der Waals surface area contributed by atoms with E-state index in [0.29, 0.717) is 35.1 Å². The van der Waals surface area contributed by atoms with Gasteiger partial charge in [0, 0.05) is 25.1 Å². The van der Waals surface area contributed by atoms with Gasteiger partial charge in [0.25, 0.3) is 0 Å². The summed E-state index contributed by atoms with van der Waals surface area (Å²) in [6.45, 7) is 6.45. The van der Waals surface area contributed by atoms with Gasteiger partial charge in [-0.15, -0.1) is 0 Å². The Morgan fingerprint density at radius 3 is 2.63 bits per heavy atom. The summed E-state index contributed by atoms with van der Waals surface area (Å²) in [7, 11) is 0. The van der Waals surface area contributed by atoms with Crippen LogP contribution in [0.25, 0.3) is 0 Å². The molecule has 0 aliphatic carbocycles. The van der Waals surface area contributed by atoms with Crippen LogP contribution in [0.4, 0.5) is 14.9 Å². The largest absolute Gasteiger partial charge is 0.492 e. The zero-order valence-electron chi connectivity index (χ0n) is 17.9. The van der Waals surface area contributed by atoms with Crippen LogP contribution < -0.4 is 10.5 Å². The number of carbonyl (C=O) groups excluding carboxylic acids is 2. The number of anilines is 1. The number of ketones is 1. The first kappa shape index (κ1) is 22.7. The van der Waals surface area contributed by atoms with Crippen molar-refractivity contribution in [1.29, 1.82) is 0 Å². The monoisotopic (exact) mass is 440 g/mol. The van der Waals surface area contributed by atoms with Gasteiger partial charge in [-0.3, -0.25) is 4.79 Å². The molecule has 2 N–H and O–H groups in total. The number of fused-ring (bicyclic) bond motifs is 1. The number of carbonyl (C=O) groups is 2. The summed E-state index contributed by atoms with van der Waals surface area (Å²) in [4.78, 5) is 26.5. The van der Waals surface area contributed by atoms with Gasteiger partial charge in [0.05, 0.1) is 22.9 Å². The average Bonchev–Trinajstić information content (AvgIpc) is 2.68. The van der Waals surface area contributed by atoms with E-state index in [1.54, 1.807) is 20.8 Å². The molecule has 1 aromatic rings. The van der Waals surface area contributed by atoms with Crippen molar-refractivity contribution >= 4 is 29.2 Å². The summed E-state index contributed by atoms with van der Waals surface area (Å²) in [5, 5.41) is 0.322. The van der Waals surface area contributed by atoms with Crippen LogP contribution in [0.2, 0.25) is 5.02 Å². The minimum Gasteiger partial charge on any atom is -0.492 e. The number of ether oxygens (including phenoxy) is 2. The SMILES string of the molecule is CC(C)(C)OC(=O)N1CCC(F)(CCC(=O)c2cc(Cl)c(N)c3c2OCCC3)CC1. The number of Topliss-reactive ketones (excluding diaryl/α,β-unsaturated/α-hetero) is 1. The molecule has 0 atom stereocenters. The first-order valence-electron chi connectivity index (χ1n) is 10.4. The van der Waals surface area contributed by atoms with E-state index in [-0.39, 0.29) is 44.6 Å². The van der Waals surface area contributed by atoms with Gasteiger partial charge in [0.15, 0.2) is 5.78 Å². The molecule has 0 bridgehead atoms. The topological polar surface area (TPSA) is 81.9 Å². The second-order valence-electron chi connectivity index (χ2n) is 9.12. The highest BCUT2D eigenvalue weighted by Gasteiger charge is 2.37. The molecular weight excluding hydrogens is 411 g/mol. The molecule has 3 rings (SSSR count). The average molecular weight is 441 g/mol. The Hall–Kier alpha value is -2.02.